The Kier molecular flexibility index (Phi) is 8.76. The van der Waals surface area contributed by atoms with E-state index in [1.807, 2.05) is 48.5 Å². The molecule has 0 unspecified atom stereocenters. The number of benzene rings is 4. The molecule has 40 heavy (non-hydrogen) atoms. The van der Waals surface area contributed by atoms with E-state index in [1.54, 1.807) is 42.5 Å². The van der Waals surface area contributed by atoms with Crippen LogP contribution in [0.25, 0.3) is 10.8 Å². The van der Waals surface area contributed by atoms with Crippen LogP contribution in [0.1, 0.15) is 47.1 Å². The van der Waals surface area contributed by atoms with Crippen molar-refractivity contribution >= 4 is 51.5 Å². The van der Waals surface area contributed by atoms with Crippen LogP contribution in [0.15, 0.2) is 91.0 Å². The van der Waals surface area contributed by atoms with Crippen molar-refractivity contribution in [3.63, 3.8) is 0 Å². The molecule has 0 fully saturated rings. The summed E-state index contributed by atoms with van der Waals surface area (Å²) in [5, 5.41) is 7.09. The summed E-state index contributed by atoms with van der Waals surface area (Å²) in [6.45, 7) is 6.09. The van der Waals surface area contributed by atoms with E-state index in [0.717, 1.165) is 16.3 Å². The summed E-state index contributed by atoms with van der Waals surface area (Å²) in [6.07, 6.45) is 0. The summed E-state index contributed by atoms with van der Waals surface area (Å²) in [5.41, 5.74) is 7.48. The number of rotatable bonds is 6. The molecule has 4 rings (SSSR count). The second kappa shape index (κ2) is 12.4. The number of fused-ring (bicyclic) bond motifs is 1. The molecule has 0 aliphatic rings. The lowest BCUT2D eigenvalue weighted by atomic mass is 9.87. The van der Waals surface area contributed by atoms with Gasteiger partial charge in [0.25, 0.3) is 17.7 Å². The Morgan fingerprint density at radius 3 is 2.08 bits per heavy atom. The van der Waals surface area contributed by atoms with Gasteiger partial charge in [0.1, 0.15) is 5.75 Å². The van der Waals surface area contributed by atoms with Crippen molar-refractivity contribution in [2.24, 2.45) is 0 Å². The quantitative estimate of drug-likeness (QED) is 0.195. The summed E-state index contributed by atoms with van der Waals surface area (Å²) in [5.74, 6) is -0.615. The molecule has 3 amide bonds. The van der Waals surface area contributed by atoms with Crippen LogP contribution < -0.4 is 26.2 Å². The Morgan fingerprint density at radius 1 is 0.750 bits per heavy atom. The lowest BCUT2D eigenvalue weighted by Crippen LogP contribution is -2.49. The van der Waals surface area contributed by atoms with E-state index >= 15 is 0 Å². The highest BCUT2D eigenvalue weighted by Crippen LogP contribution is 2.25. The smallest absolute Gasteiger partial charge is 0.269 e. The van der Waals surface area contributed by atoms with Crippen molar-refractivity contribution in [2.75, 3.05) is 11.9 Å². The largest absolute Gasteiger partial charge is 0.483 e. The fraction of sp³-hybridized carbons (Fsp3) is 0.161. The molecule has 0 aromatic heterocycles. The number of amides is 3. The summed E-state index contributed by atoms with van der Waals surface area (Å²) in [6, 6.07) is 27.1. The average Bonchev–Trinajstić information content (AvgIpc) is 2.94. The number of carbonyl (C=O) groups is 3. The number of hydrazine groups is 1. The highest BCUT2D eigenvalue weighted by Gasteiger charge is 2.15. The molecule has 4 aromatic carbocycles. The minimum Gasteiger partial charge on any atom is -0.483 e. The van der Waals surface area contributed by atoms with Gasteiger partial charge in [-0.1, -0.05) is 69.3 Å². The van der Waals surface area contributed by atoms with Gasteiger partial charge in [0.2, 0.25) is 0 Å². The van der Waals surface area contributed by atoms with Crippen LogP contribution in [0.2, 0.25) is 0 Å². The van der Waals surface area contributed by atoms with Crippen molar-refractivity contribution in [1.82, 2.24) is 16.2 Å². The molecule has 0 aliphatic carbocycles. The Bertz CT molecular complexity index is 1540. The molecule has 204 valence electrons. The van der Waals surface area contributed by atoms with Gasteiger partial charge in [0.05, 0.1) is 0 Å². The molecule has 4 aromatic rings. The summed E-state index contributed by atoms with van der Waals surface area (Å²) < 4.78 is 5.65. The molecule has 4 N–H and O–H groups in total. The van der Waals surface area contributed by atoms with Crippen molar-refractivity contribution in [3.05, 3.63) is 108 Å². The number of ether oxygens (including phenoxy) is 1. The molecule has 9 heteroatoms. The first-order valence-corrected chi connectivity index (χ1v) is 13.0. The Labute approximate surface area is 238 Å². The monoisotopic (exact) mass is 554 g/mol. The third kappa shape index (κ3) is 7.42. The molecular formula is C31H30N4O4S. The summed E-state index contributed by atoms with van der Waals surface area (Å²) >= 11 is 5.09. The molecule has 0 bridgehead atoms. The fourth-order valence-electron chi connectivity index (χ4n) is 3.87. The minimum absolute atomic E-state index is 0.00208. The van der Waals surface area contributed by atoms with Gasteiger partial charge in [-0.15, -0.1) is 0 Å². The molecule has 0 aliphatic heterocycles. The second-order valence-corrected chi connectivity index (χ2v) is 10.5. The van der Waals surface area contributed by atoms with E-state index in [1.165, 1.54) is 0 Å². The van der Waals surface area contributed by atoms with E-state index in [4.69, 9.17) is 17.0 Å². The van der Waals surface area contributed by atoms with Crippen LogP contribution >= 0.6 is 12.2 Å². The molecule has 0 heterocycles. The fourth-order valence-corrected chi connectivity index (χ4v) is 4.04. The molecule has 0 atom stereocenters. The zero-order valence-electron chi connectivity index (χ0n) is 22.4. The van der Waals surface area contributed by atoms with Gasteiger partial charge in [-0.2, -0.15) is 0 Å². The van der Waals surface area contributed by atoms with E-state index in [9.17, 15) is 14.4 Å². The first kappa shape index (κ1) is 28.3. The minimum atomic E-state index is -0.479. The topological polar surface area (TPSA) is 109 Å². The maximum Gasteiger partial charge on any atom is 0.269 e. The standard InChI is InChI=1S/C31H30N4O4S/c1-31(2,3)23-15-11-21(12-16-23)28(37)32-24-17-13-22(14-18-24)29(38)34-35-30(40)33-27(36)19-39-26-10-6-8-20-7-4-5-9-25(20)26/h4-18H,19H2,1-3H3,(H,32,37)(H,34,38)(H2,33,35,36,40). The molecular weight excluding hydrogens is 524 g/mol. The molecule has 0 saturated carbocycles. The molecule has 8 nitrogen and oxygen atoms in total. The number of thiocarbonyl (C=S) groups is 1. The Morgan fingerprint density at radius 2 is 1.38 bits per heavy atom. The zero-order valence-corrected chi connectivity index (χ0v) is 23.2. The highest BCUT2D eigenvalue weighted by molar-refractivity contribution is 7.80. The third-order valence-electron chi connectivity index (χ3n) is 6.07. The van der Waals surface area contributed by atoms with Gasteiger partial charge in [0.15, 0.2) is 11.7 Å². The Hall–Kier alpha value is -4.76. The van der Waals surface area contributed by atoms with Gasteiger partial charge >= 0.3 is 0 Å². The van der Waals surface area contributed by atoms with Gasteiger partial charge in [0, 0.05) is 22.2 Å². The third-order valence-corrected chi connectivity index (χ3v) is 6.27. The van der Waals surface area contributed by atoms with Crippen LogP contribution in [0.3, 0.4) is 0 Å². The lowest BCUT2D eigenvalue weighted by Gasteiger charge is -2.19. The van der Waals surface area contributed by atoms with Crippen molar-refractivity contribution < 1.29 is 19.1 Å². The normalized spacial score (nSPS) is 10.9. The lowest BCUT2D eigenvalue weighted by molar-refractivity contribution is -0.121. The van der Waals surface area contributed by atoms with Gasteiger partial charge in [-0.25, -0.2) is 0 Å². The van der Waals surface area contributed by atoms with E-state index in [2.05, 4.69) is 42.3 Å². The molecule has 0 saturated heterocycles. The van der Waals surface area contributed by atoms with Gasteiger partial charge in [-0.05, 0) is 71.0 Å². The average molecular weight is 555 g/mol. The number of carbonyl (C=O) groups excluding carboxylic acids is 3. The van der Waals surface area contributed by atoms with Crippen LogP contribution in [0, 0.1) is 0 Å². The predicted molar refractivity (Wildman–Crippen MR) is 160 cm³/mol. The van der Waals surface area contributed by atoms with Crippen LogP contribution in [-0.4, -0.2) is 29.4 Å². The van der Waals surface area contributed by atoms with Crippen LogP contribution in [-0.2, 0) is 10.2 Å². The van der Waals surface area contributed by atoms with E-state index in [-0.39, 0.29) is 23.0 Å². The predicted octanol–water partition coefficient (Wildman–Crippen LogP) is 5.10. The molecule has 0 spiro atoms. The zero-order chi connectivity index (χ0) is 28.7. The highest BCUT2D eigenvalue weighted by atomic mass is 32.1. The summed E-state index contributed by atoms with van der Waals surface area (Å²) in [4.78, 5) is 37.3. The van der Waals surface area contributed by atoms with Gasteiger partial charge < -0.3 is 10.1 Å². The maximum atomic E-state index is 12.6. The number of hydrogen-bond acceptors (Lipinski definition) is 5. The van der Waals surface area contributed by atoms with Crippen molar-refractivity contribution in [3.8, 4) is 5.75 Å². The van der Waals surface area contributed by atoms with E-state index in [0.29, 0.717) is 22.6 Å². The number of anilines is 1. The van der Waals surface area contributed by atoms with E-state index < -0.39 is 11.8 Å². The maximum absolute atomic E-state index is 12.6. The van der Waals surface area contributed by atoms with Crippen molar-refractivity contribution in [2.45, 2.75) is 26.2 Å². The first-order chi connectivity index (χ1) is 19.1. The Balaban J connectivity index is 1.22. The van der Waals surface area contributed by atoms with Crippen molar-refractivity contribution in [1.29, 1.82) is 0 Å². The van der Waals surface area contributed by atoms with Gasteiger partial charge in [-0.3, -0.25) is 30.6 Å². The number of nitrogens with one attached hydrogen (secondary N) is 4. The van der Waals surface area contributed by atoms with Crippen LogP contribution in [0.4, 0.5) is 5.69 Å². The second-order valence-electron chi connectivity index (χ2n) is 10.1. The first-order valence-electron chi connectivity index (χ1n) is 12.6. The number of hydrogen-bond donors (Lipinski definition) is 4. The molecule has 0 radical (unpaired) electrons. The SMILES string of the molecule is CC(C)(C)c1ccc(C(=O)Nc2ccc(C(=O)NNC(=S)NC(=O)COc3cccc4ccccc34)cc2)cc1. The van der Waals surface area contributed by atoms with Crippen LogP contribution in [0.5, 0.6) is 5.75 Å². The summed E-state index contributed by atoms with van der Waals surface area (Å²) in [7, 11) is 0.